The van der Waals surface area contributed by atoms with Gasteiger partial charge >= 0.3 is 0 Å². The van der Waals surface area contributed by atoms with Crippen molar-refractivity contribution >= 4 is 15.9 Å². The molecule has 148 valence electrons. The van der Waals surface area contributed by atoms with Gasteiger partial charge in [0, 0.05) is 49.7 Å². The molecule has 2 bridgehead atoms. The molecule has 1 aromatic rings. The van der Waals surface area contributed by atoms with Crippen molar-refractivity contribution in [1.29, 1.82) is 0 Å². The summed E-state index contributed by atoms with van der Waals surface area (Å²) >= 11 is 0. The molecule has 4 atom stereocenters. The third-order valence-electron chi connectivity index (χ3n) is 6.47. The molecule has 0 spiro atoms. The molecule has 0 aromatic carbocycles. The third-order valence-corrected chi connectivity index (χ3v) is 7.71. The Morgan fingerprint density at radius 3 is 2.70 bits per heavy atom. The van der Waals surface area contributed by atoms with E-state index in [0.29, 0.717) is 37.2 Å². The number of fused-ring (bicyclic) bond motifs is 4. The molecule has 3 fully saturated rings. The third kappa shape index (κ3) is 3.88. The number of carbonyl (C=O) groups excluding carboxylic acids is 1. The van der Waals surface area contributed by atoms with Crippen LogP contribution in [-0.2, 0) is 10.0 Å². The molecule has 1 aromatic heterocycles. The first-order chi connectivity index (χ1) is 12.9. The van der Waals surface area contributed by atoms with E-state index in [4.69, 9.17) is 0 Å². The Morgan fingerprint density at radius 2 is 1.96 bits per heavy atom. The minimum atomic E-state index is -3.18. The number of piperidine rings is 3. The number of pyridine rings is 1. The van der Waals surface area contributed by atoms with Crippen molar-refractivity contribution in [2.24, 2.45) is 11.8 Å². The summed E-state index contributed by atoms with van der Waals surface area (Å²) in [6.07, 6.45) is 9.12. The van der Waals surface area contributed by atoms with Gasteiger partial charge in [-0.3, -0.25) is 14.7 Å². The van der Waals surface area contributed by atoms with Gasteiger partial charge in [0.15, 0.2) is 0 Å². The molecule has 3 aliphatic rings. The van der Waals surface area contributed by atoms with Crippen LogP contribution < -0.4 is 5.32 Å². The van der Waals surface area contributed by atoms with Crippen LogP contribution in [-0.4, -0.2) is 73.0 Å². The summed E-state index contributed by atoms with van der Waals surface area (Å²) < 4.78 is 26.0. The lowest BCUT2D eigenvalue weighted by atomic mass is 9.73. The smallest absolute Gasteiger partial charge is 0.251 e. The number of nitrogens with zero attached hydrogens (tertiary/aromatic N) is 3. The average Bonchev–Trinajstić information content (AvgIpc) is 2.67. The van der Waals surface area contributed by atoms with Crippen LogP contribution in [0.4, 0.5) is 0 Å². The van der Waals surface area contributed by atoms with E-state index in [1.54, 1.807) is 28.8 Å². The van der Waals surface area contributed by atoms with Crippen LogP contribution in [0.15, 0.2) is 24.5 Å². The fourth-order valence-corrected chi connectivity index (χ4v) is 6.14. The molecular weight excluding hydrogens is 364 g/mol. The maximum absolute atomic E-state index is 12.5. The Kier molecular flexibility index (Phi) is 5.22. The van der Waals surface area contributed by atoms with Crippen molar-refractivity contribution in [3.63, 3.8) is 0 Å². The zero-order chi connectivity index (χ0) is 19.0. The molecular formula is C19H28N4O3S. The van der Waals surface area contributed by atoms with Gasteiger partial charge in [0.05, 0.1) is 6.26 Å². The van der Waals surface area contributed by atoms with Crippen molar-refractivity contribution in [2.45, 2.75) is 37.8 Å². The first-order valence-corrected chi connectivity index (χ1v) is 11.7. The summed E-state index contributed by atoms with van der Waals surface area (Å²) in [6, 6.07) is 4.05. The number of hydrogen-bond donors (Lipinski definition) is 1. The van der Waals surface area contributed by atoms with Crippen LogP contribution in [0.3, 0.4) is 0 Å². The fraction of sp³-hybridized carbons (Fsp3) is 0.684. The zero-order valence-electron chi connectivity index (χ0n) is 15.8. The van der Waals surface area contributed by atoms with Crippen LogP contribution in [0.5, 0.6) is 0 Å². The number of hydrogen-bond acceptors (Lipinski definition) is 5. The van der Waals surface area contributed by atoms with E-state index in [9.17, 15) is 13.2 Å². The lowest BCUT2D eigenvalue weighted by Gasteiger charge is -2.56. The lowest BCUT2D eigenvalue weighted by molar-refractivity contribution is -0.0537. The molecule has 0 unspecified atom stereocenters. The molecule has 0 saturated carbocycles. The zero-order valence-corrected chi connectivity index (χ0v) is 16.6. The highest BCUT2D eigenvalue weighted by atomic mass is 32.2. The summed E-state index contributed by atoms with van der Waals surface area (Å²) in [5, 5.41) is 3.08. The van der Waals surface area contributed by atoms with Crippen molar-refractivity contribution in [2.75, 3.05) is 32.4 Å². The summed E-state index contributed by atoms with van der Waals surface area (Å²) in [5.74, 6) is 0.584. The standard InChI is InChI=1S/C19H28N4O3S/c1-27(25,26)22-12-15-10-16(13-22)18(23-9-3-2-4-17(15)23)11-21-19(24)14-5-7-20-8-6-14/h5-8,15-18H,2-4,9-13H2,1H3,(H,21,24)/t15-,16-,17-,18-/m0/s1. The Morgan fingerprint density at radius 1 is 1.22 bits per heavy atom. The van der Waals surface area contributed by atoms with E-state index in [2.05, 4.69) is 15.2 Å². The Hall–Kier alpha value is -1.51. The average molecular weight is 393 g/mol. The van der Waals surface area contributed by atoms with E-state index in [-0.39, 0.29) is 17.9 Å². The van der Waals surface area contributed by atoms with Crippen molar-refractivity contribution in [3.05, 3.63) is 30.1 Å². The fourth-order valence-electron chi connectivity index (χ4n) is 5.22. The number of amides is 1. The molecule has 8 heteroatoms. The van der Waals surface area contributed by atoms with Crippen LogP contribution in [0, 0.1) is 11.8 Å². The Bertz CT molecular complexity index is 785. The number of aromatic nitrogens is 1. The van der Waals surface area contributed by atoms with Gasteiger partial charge in [0.1, 0.15) is 0 Å². The lowest BCUT2D eigenvalue weighted by Crippen LogP contribution is -2.66. The van der Waals surface area contributed by atoms with E-state index < -0.39 is 10.0 Å². The van der Waals surface area contributed by atoms with Gasteiger partial charge < -0.3 is 5.32 Å². The van der Waals surface area contributed by atoms with Gasteiger partial charge in [0.2, 0.25) is 10.0 Å². The van der Waals surface area contributed by atoms with Crippen molar-refractivity contribution in [3.8, 4) is 0 Å². The van der Waals surface area contributed by atoms with Crippen molar-refractivity contribution < 1.29 is 13.2 Å². The minimum absolute atomic E-state index is 0.0936. The van der Waals surface area contributed by atoms with Crippen LogP contribution in [0.2, 0.25) is 0 Å². The number of rotatable bonds is 4. The Balaban J connectivity index is 1.51. The van der Waals surface area contributed by atoms with Gasteiger partial charge in [0.25, 0.3) is 5.91 Å². The maximum Gasteiger partial charge on any atom is 0.251 e. The minimum Gasteiger partial charge on any atom is -0.350 e. The molecule has 0 radical (unpaired) electrons. The van der Waals surface area contributed by atoms with Crippen molar-refractivity contribution in [1.82, 2.24) is 19.5 Å². The number of carbonyl (C=O) groups is 1. The highest BCUT2D eigenvalue weighted by Gasteiger charge is 2.48. The number of nitrogens with one attached hydrogen (secondary N) is 1. The summed E-state index contributed by atoms with van der Waals surface area (Å²) in [7, 11) is -3.18. The predicted molar refractivity (Wildman–Crippen MR) is 103 cm³/mol. The second-order valence-corrected chi connectivity index (χ2v) is 10.1. The Labute approximate surface area is 161 Å². The van der Waals surface area contributed by atoms with E-state index in [1.165, 1.54) is 19.1 Å². The normalized spacial score (nSPS) is 31.9. The molecule has 1 N–H and O–H groups in total. The van der Waals surface area contributed by atoms with Gasteiger partial charge in [-0.15, -0.1) is 0 Å². The van der Waals surface area contributed by atoms with Gasteiger partial charge in [-0.2, -0.15) is 0 Å². The maximum atomic E-state index is 12.5. The van der Waals surface area contributed by atoms with Crippen LogP contribution in [0.25, 0.3) is 0 Å². The van der Waals surface area contributed by atoms with E-state index in [1.807, 2.05) is 0 Å². The molecule has 4 heterocycles. The largest absolute Gasteiger partial charge is 0.350 e. The molecule has 3 saturated heterocycles. The highest BCUT2D eigenvalue weighted by Crippen LogP contribution is 2.41. The summed E-state index contributed by atoms with van der Waals surface area (Å²) in [4.78, 5) is 19.0. The second-order valence-electron chi connectivity index (χ2n) is 8.15. The van der Waals surface area contributed by atoms with Gasteiger partial charge in [-0.25, -0.2) is 12.7 Å². The van der Waals surface area contributed by atoms with Crippen LogP contribution in [0.1, 0.15) is 36.0 Å². The topological polar surface area (TPSA) is 82.6 Å². The predicted octanol–water partition coefficient (Wildman–Crippen LogP) is 0.946. The van der Waals surface area contributed by atoms with Crippen LogP contribution >= 0.6 is 0 Å². The first kappa shape index (κ1) is 18.8. The molecule has 4 rings (SSSR count). The molecule has 0 aliphatic carbocycles. The van der Waals surface area contributed by atoms with E-state index >= 15 is 0 Å². The SMILES string of the molecule is CS(=O)(=O)N1C[C@@H]2C[C@@H](C1)[C@H](CNC(=O)c1ccncc1)N1CCCC[C@@H]21. The molecule has 27 heavy (non-hydrogen) atoms. The summed E-state index contributed by atoms with van der Waals surface area (Å²) in [6.45, 7) is 2.82. The monoisotopic (exact) mass is 392 g/mol. The highest BCUT2D eigenvalue weighted by molar-refractivity contribution is 7.88. The molecule has 7 nitrogen and oxygen atoms in total. The van der Waals surface area contributed by atoms with Gasteiger partial charge in [-0.1, -0.05) is 6.42 Å². The summed E-state index contributed by atoms with van der Waals surface area (Å²) in [5.41, 5.74) is 0.607. The van der Waals surface area contributed by atoms with Gasteiger partial charge in [-0.05, 0) is 49.8 Å². The first-order valence-electron chi connectivity index (χ1n) is 9.82. The quantitative estimate of drug-likeness (QED) is 0.825. The molecule has 1 amide bonds. The second kappa shape index (κ2) is 7.48. The number of sulfonamides is 1. The molecule has 3 aliphatic heterocycles. The van der Waals surface area contributed by atoms with E-state index in [0.717, 1.165) is 19.4 Å².